The smallest absolute Gasteiger partial charge is 0.250 e. The summed E-state index contributed by atoms with van der Waals surface area (Å²) in [7, 11) is -1.42. The quantitative estimate of drug-likeness (QED) is 0.760. The van der Waals surface area contributed by atoms with Crippen LogP contribution in [0.4, 0.5) is 0 Å². The van der Waals surface area contributed by atoms with Crippen LogP contribution in [-0.2, 0) is 21.2 Å². The number of amides is 1. The Morgan fingerprint density at radius 1 is 1.35 bits per heavy atom. The number of ether oxygens (including phenoxy) is 1. The number of hydrogen-bond acceptors (Lipinski definition) is 5. The fourth-order valence-electron chi connectivity index (χ4n) is 3.13. The first-order valence-corrected chi connectivity index (χ1v) is 11.4. The Morgan fingerprint density at radius 3 is 2.65 bits per heavy atom. The topological polar surface area (TPSA) is 76.0 Å². The van der Waals surface area contributed by atoms with E-state index in [2.05, 4.69) is 4.99 Å². The van der Waals surface area contributed by atoms with Gasteiger partial charge in [-0.2, -0.15) is 4.99 Å². The van der Waals surface area contributed by atoms with Gasteiger partial charge >= 0.3 is 0 Å². The largest absolute Gasteiger partial charge is 0.497 e. The van der Waals surface area contributed by atoms with E-state index in [1.54, 1.807) is 7.11 Å². The van der Waals surface area contributed by atoms with Gasteiger partial charge in [0.25, 0.3) is 5.91 Å². The highest BCUT2D eigenvalue weighted by Gasteiger charge is 2.48. The maximum absolute atomic E-state index is 12.3. The zero-order valence-corrected chi connectivity index (χ0v) is 16.8. The number of carbonyl (C=O) groups is 1. The molecule has 3 atom stereocenters. The minimum atomic E-state index is -3.04. The first-order valence-electron chi connectivity index (χ1n) is 8.72. The molecule has 2 saturated heterocycles. The van der Waals surface area contributed by atoms with Crippen molar-refractivity contribution in [3.63, 3.8) is 0 Å². The van der Waals surface area contributed by atoms with E-state index in [4.69, 9.17) is 4.74 Å². The Bertz CT molecular complexity index is 805. The number of nitrogens with zero attached hydrogens (tertiary/aromatic N) is 2. The number of thioether (sulfide) groups is 1. The molecule has 2 aliphatic heterocycles. The van der Waals surface area contributed by atoms with Crippen molar-refractivity contribution in [2.24, 2.45) is 10.9 Å². The minimum Gasteiger partial charge on any atom is -0.497 e. The molecule has 1 amide bonds. The highest BCUT2D eigenvalue weighted by molar-refractivity contribution is 8.15. The second-order valence-electron chi connectivity index (χ2n) is 6.82. The number of benzene rings is 1. The Kier molecular flexibility index (Phi) is 5.62. The molecule has 3 rings (SSSR count). The highest BCUT2D eigenvalue weighted by Crippen LogP contribution is 2.39. The van der Waals surface area contributed by atoms with Gasteiger partial charge < -0.3 is 9.64 Å². The molecule has 2 fully saturated rings. The molecule has 0 radical (unpaired) electrons. The third kappa shape index (κ3) is 4.06. The normalized spacial score (nSPS) is 26.7. The van der Waals surface area contributed by atoms with Crippen LogP contribution in [0.25, 0.3) is 0 Å². The minimum absolute atomic E-state index is 0.0540. The number of fused-ring (bicyclic) bond motifs is 1. The van der Waals surface area contributed by atoms with Crippen LogP contribution in [0, 0.1) is 5.92 Å². The summed E-state index contributed by atoms with van der Waals surface area (Å²) in [6, 6.07) is 7.53. The van der Waals surface area contributed by atoms with Gasteiger partial charge in [-0.15, -0.1) is 0 Å². The lowest BCUT2D eigenvalue weighted by molar-refractivity contribution is -0.121. The Hall–Kier alpha value is -1.54. The maximum Gasteiger partial charge on any atom is 0.250 e. The summed E-state index contributed by atoms with van der Waals surface area (Å²) in [5, 5.41) is 0.595. The number of rotatable bonds is 5. The van der Waals surface area contributed by atoms with Gasteiger partial charge in [-0.25, -0.2) is 8.42 Å². The van der Waals surface area contributed by atoms with Crippen molar-refractivity contribution in [1.29, 1.82) is 0 Å². The number of methoxy groups -OCH3 is 1. The van der Waals surface area contributed by atoms with Gasteiger partial charge in [0.1, 0.15) is 5.75 Å². The van der Waals surface area contributed by atoms with Gasteiger partial charge in [0.2, 0.25) is 0 Å². The summed E-state index contributed by atoms with van der Waals surface area (Å²) in [4.78, 5) is 18.6. The summed E-state index contributed by atoms with van der Waals surface area (Å²) in [5.41, 5.74) is 1.03. The van der Waals surface area contributed by atoms with E-state index >= 15 is 0 Å². The first-order chi connectivity index (χ1) is 12.3. The van der Waals surface area contributed by atoms with Crippen molar-refractivity contribution in [2.45, 2.75) is 38.1 Å². The van der Waals surface area contributed by atoms with Crippen LogP contribution in [0.5, 0.6) is 5.75 Å². The number of amidine groups is 1. The molecule has 0 bridgehead atoms. The molecule has 0 N–H and O–H groups in total. The molecule has 0 saturated carbocycles. The Balaban J connectivity index is 1.86. The fourth-order valence-corrected chi connectivity index (χ4v) is 7.08. The van der Waals surface area contributed by atoms with Crippen LogP contribution in [-0.4, -0.2) is 54.3 Å². The molecule has 2 aliphatic rings. The Labute approximate surface area is 158 Å². The summed E-state index contributed by atoms with van der Waals surface area (Å²) < 4.78 is 29.3. The first kappa shape index (κ1) is 19.2. The summed E-state index contributed by atoms with van der Waals surface area (Å²) in [6.07, 6.45) is 0.736. The average Bonchev–Trinajstić information content (AvgIpc) is 3.07. The van der Waals surface area contributed by atoms with Gasteiger partial charge in [-0.05, 0) is 24.1 Å². The van der Waals surface area contributed by atoms with Crippen LogP contribution in [0.1, 0.15) is 25.8 Å². The lowest BCUT2D eigenvalue weighted by atomic mass is 10.1. The third-order valence-electron chi connectivity index (χ3n) is 4.93. The molecule has 1 aromatic rings. The fraction of sp³-hybridized carbons (Fsp3) is 0.556. The van der Waals surface area contributed by atoms with E-state index in [1.807, 2.05) is 43.0 Å². The molecular weight excluding hydrogens is 372 g/mol. The molecule has 0 aliphatic carbocycles. The second kappa shape index (κ2) is 7.60. The van der Waals surface area contributed by atoms with Crippen molar-refractivity contribution >= 4 is 32.7 Å². The van der Waals surface area contributed by atoms with Crippen molar-refractivity contribution < 1.29 is 17.9 Å². The van der Waals surface area contributed by atoms with Gasteiger partial charge in [-0.3, -0.25) is 4.79 Å². The molecule has 0 aromatic heterocycles. The Morgan fingerprint density at radius 2 is 2.04 bits per heavy atom. The summed E-state index contributed by atoms with van der Waals surface area (Å²) in [6.45, 7) is 4.35. The lowest BCUT2D eigenvalue weighted by Crippen LogP contribution is -2.37. The predicted molar refractivity (Wildman–Crippen MR) is 104 cm³/mol. The van der Waals surface area contributed by atoms with E-state index in [0.717, 1.165) is 17.7 Å². The third-order valence-corrected chi connectivity index (χ3v) is 8.17. The molecule has 1 aromatic carbocycles. The van der Waals surface area contributed by atoms with Crippen LogP contribution in [0.2, 0.25) is 0 Å². The van der Waals surface area contributed by atoms with E-state index in [9.17, 15) is 13.2 Å². The van der Waals surface area contributed by atoms with Gasteiger partial charge in [-0.1, -0.05) is 37.7 Å². The second-order valence-corrected chi connectivity index (χ2v) is 10.2. The molecule has 2 heterocycles. The zero-order chi connectivity index (χ0) is 18.9. The number of sulfone groups is 1. The molecule has 8 heteroatoms. The standard InChI is InChI=1S/C18H24N2O4S2/c1-4-12(2)17(21)19-18-20(9-13-5-7-14(24-3)8-6-13)15-10-26(22,23)11-16(15)25-18/h5-8,12,15-16H,4,9-11H2,1-3H3/t12-,15+,16+/m1/s1. The number of aliphatic imine (C=N–C) groups is 1. The molecule has 142 valence electrons. The monoisotopic (exact) mass is 396 g/mol. The van der Waals surface area contributed by atoms with Gasteiger partial charge in [0.15, 0.2) is 15.0 Å². The van der Waals surface area contributed by atoms with Crippen LogP contribution in [0.15, 0.2) is 29.3 Å². The predicted octanol–water partition coefficient (Wildman–Crippen LogP) is 2.34. The summed E-state index contributed by atoms with van der Waals surface area (Å²) in [5.74, 6) is 0.773. The van der Waals surface area contributed by atoms with E-state index in [1.165, 1.54) is 11.8 Å². The molecule has 26 heavy (non-hydrogen) atoms. The van der Waals surface area contributed by atoms with E-state index in [-0.39, 0.29) is 34.6 Å². The van der Waals surface area contributed by atoms with Crippen molar-refractivity contribution in [3.05, 3.63) is 29.8 Å². The van der Waals surface area contributed by atoms with Gasteiger partial charge in [0.05, 0.1) is 24.7 Å². The molecular formula is C18H24N2O4S2. The SMILES string of the molecule is CC[C@@H](C)C(=O)N=C1S[C@H]2CS(=O)(=O)C[C@@H]2N1Cc1ccc(OC)cc1. The van der Waals surface area contributed by atoms with E-state index < -0.39 is 9.84 Å². The zero-order valence-electron chi connectivity index (χ0n) is 15.2. The van der Waals surface area contributed by atoms with Crippen LogP contribution in [0.3, 0.4) is 0 Å². The number of hydrogen-bond donors (Lipinski definition) is 0. The van der Waals surface area contributed by atoms with Crippen molar-refractivity contribution in [1.82, 2.24) is 4.90 Å². The molecule has 6 nitrogen and oxygen atoms in total. The summed E-state index contributed by atoms with van der Waals surface area (Å²) >= 11 is 1.43. The van der Waals surface area contributed by atoms with Crippen molar-refractivity contribution in [3.8, 4) is 5.75 Å². The highest BCUT2D eigenvalue weighted by atomic mass is 32.2. The van der Waals surface area contributed by atoms with Crippen LogP contribution >= 0.6 is 11.8 Å². The average molecular weight is 397 g/mol. The van der Waals surface area contributed by atoms with Crippen LogP contribution < -0.4 is 4.74 Å². The lowest BCUT2D eigenvalue weighted by Gasteiger charge is -2.24. The molecule has 0 spiro atoms. The maximum atomic E-state index is 12.3. The number of carbonyl (C=O) groups excluding carboxylic acids is 1. The van der Waals surface area contributed by atoms with E-state index in [0.29, 0.717) is 11.7 Å². The van der Waals surface area contributed by atoms with Gasteiger partial charge in [0, 0.05) is 17.7 Å². The molecule has 0 unspecified atom stereocenters. The van der Waals surface area contributed by atoms with Crippen molar-refractivity contribution in [2.75, 3.05) is 18.6 Å².